The molecule has 210 valence electrons. The third-order valence-electron chi connectivity index (χ3n) is 8.51. The van der Waals surface area contributed by atoms with E-state index in [1.165, 1.54) is 10.8 Å². The van der Waals surface area contributed by atoms with Crippen LogP contribution in [0.15, 0.2) is 156 Å². The highest BCUT2D eigenvalue weighted by atomic mass is 16.3. The lowest BCUT2D eigenvalue weighted by molar-refractivity contribution is 0.674. The van der Waals surface area contributed by atoms with Crippen LogP contribution in [0.1, 0.15) is 0 Å². The molecule has 0 unspecified atom stereocenters. The van der Waals surface area contributed by atoms with Crippen LogP contribution in [0.5, 0.6) is 0 Å². The second-order valence-corrected chi connectivity index (χ2v) is 11.2. The molecule has 4 nitrogen and oxygen atoms in total. The van der Waals surface area contributed by atoms with Gasteiger partial charge in [0, 0.05) is 38.4 Å². The van der Waals surface area contributed by atoms with E-state index >= 15 is 0 Å². The number of rotatable bonds is 4. The molecule has 0 aliphatic heterocycles. The van der Waals surface area contributed by atoms with Crippen molar-refractivity contribution in [2.45, 2.75) is 0 Å². The first kappa shape index (κ1) is 25.4. The van der Waals surface area contributed by atoms with E-state index in [1.54, 1.807) is 0 Å². The fourth-order valence-electron chi connectivity index (χ4n) is 6.32. The predicted octanol–water partition coefficient (Wildman–Crippen LogP) is 10.7. The minimum absolute atomic E-state index is 0.626. The molecule has 0 amide bonds. The van der Waals surface area contributed by atoms with Crippen LogP contribution in [0.3, 0.4) is 0 Å². The van der Waals surface area contributed by atoms with Crippen LogP contribution in [0.2, 0.25) is 0 Å². The van der Waals surface area contributed by atoms with Crippen molar-refractivity contribution in [2.75, 3.05) is 0 Å². The second kappa shape index (κ2) is 10.2. The summed E-state index contributed by atoms with van der Waals surface area (Å²) in [5.41, 5.74) is 6.75. The zero-order chi connectivity index (χ0) is 29.7. The molecule has 0 aliphatic rings. The zero-order valence-corrected chi connectivity index (χ0v) is 24.2. The van der Waals surface area contributed by atoms with Gasteiger partial charge in [-0.25, -0.2) is 15.0 Å². The molecule has 9 aromatic rings. The zero-order valence-electron chi connectivity index (χ0n) is 24.2. The van der Waals surface area contributed by atoms with Crippen LogP contribution in [0, 0.1) is 0 Å². The standard InChI is InChI=1S/C41H25N3O/c1-3-13-27(14-4-1)39-42-40(28-15-5-2-6-16-28)44-41(43-39)36-25-35-34-21-11-20-31(30-23-22-26-12-7-8-17-29(26)24-30)37(34)45-38(35)33-19-10-9-18-32(33)36/h1-25H. The molecule has 0 saturated carbocycles. The van der Waals surface area contributed by atoms with Crippen LogP contribution in [0.25, 0.3) is 88.8 Å². The molecule has 0 N–H and O–H groups in total. The SMILES string of the molecule is c1ccc(-c2nc(-c3ccccc3)nc(-c3cc4c5cccc(-c6ccc7ccccc7c6)c5oc4c4ccccc34)n2)cc1. The van der Waals surface area contributed by atoms with Crippen LogP contribution in [-0.4, -0.2) is 15.0 Å². The van der Waals surface area contributed by atoms with Gasteiger partial charge in [0.2, 0.25) is 0 Å². The highest BCUT2D eigenvalue weighted by Crippen LogP contribution is 2.42. The number of furan rings is 1. The number of hydrogen-bond acceptors (Lipinski definition) is 4. The lowest BCUT2D eigenvalue weighted by Gasteiger charge is -2.11. The van der Waals surface area contributed by atoms with Gasteiger partial charge >= 0.3 is 0 Å². The van der Waals surface area contributed by atoms with E-state index < -0.39 is 0 Å². The molecule has 0 saturated heterocycles. The maximum absolute atomic E-state index is 6.79. The number of benzene rings is 7. The van der Waals surface area contributed by atoms with Crippen molar-refractivity contribution >= 4 is 43.5 Å². The van der Waals surface area contributed by atoms with Crippen LogP contribution in [0.4, 0.5) is 0 Å². The summed E-state index contributed by atoms with van der Waals surface area (Å²) in [6.45, 7) is 0. The Balaban J connectivity index is 1.32. The average molecular weight is 576 g/mol. The van der Waals surface area contributed by atoms with Crippen molar-refractivity contribution in [1.82, 2.24) is 15.0 Å². The minimum Gasteiger partial charge on any atom is -0.455 e. The molecule has 2 heterocycles. The van der Waals surface area contributed by atoms with E-state index in [0.29, 0.717) is 17.5 Å². The van der Waals surface area contributed by atoms with Gasteiger partial charge in [-0.15, -0.1) is 0 Å². The molecular formula is C41H25N3O. The minimum atomic E-state index is 0.626. The summed E-state index contributed by atoms with van der Waals surface area (Å²) in [6.07, 6.45) is 0. The fourth-order valence-corrected chi connectivity index (χ4v) is 6.32. The van der Waals surface area contributed by atoms with Gasteiger partial charge in [0.15, 0.2) is 17.5 Å². The molecule has 9 rings (SSSR count). The largest absolute Gasteiger partial charge is 0.455 e. The van der Waals surface area contributed by atoms with E-state index in [0.717, 1.165) is 60.5 Å². The summed E-state index contributed by atoms with van der Waals surface area (Å²) in [7, 11) is 0. The Labute approximate surface area is 259 Å². The van der Waals surface area contributed by atoms with Gasteiger partial charge in [0.1, 0.15) is 11.2 Å². The summed E-state index contributed by atoms with van der Waals surface area (Å²) in [4.78, 5) is 15.0. The van der Waals surface area contributed by atoms with E-state index in [1.807, 2.05) is 60.7 Å². The van der Waals surface area contributed by atoms with Crippen LogP contribution < -0.4 is 0 Å². The second-order valence-electron chi connectivity index (χ2n) is 11.2. The van der Waals surface area contributed by atoms with Crippen molar-refractivity contribution in [3.8, 4) is 45.3 Å². The van der Waals surface area contributed by atoms with Crippen molar-refractivity contribution < 1.29 is 4.42 Å². The van der Waals surface area contributed by atoms with E-state index in [9.17, 15) is 0 Å². The Morgan fingerprint density at radius 3 is 1.64 bits per heavy atom. The van der Waals surface area contributed by atoms with Gasteiger partial charge in [-0.05, 0) is 33.9 Å². The van der Waals surface area contributed by atoms with Gasteiger partial charge in [0.25, 0.3) is 0 Å². The lowest BCUT2D eigenvalue weighted by atomic mass is 9.97. The molecule has 2 aromatic heterocycles. The van der Waals surface area contributed by atoms with Gasteiger partial charge < -0.3 is 4.42 Å². The number of nitrogens with zero attached hydrogens (tertiary/aromatic N) is 3. The normalized spacial score (nSPS) is 11.6. The van der Waals surface area contributed by atoms with Gasteiger partial charge in [-0.1, -0.05) is 140 Å². The molecule has 0 aliphatic carbocycles. The summed E-state index contributed by atoms with van der Waals surface area (Å²) < 4.78 is 6.79. The number of fused-ring (bicyclic) bond motifs is 6. The Morgan fingerprint density at radius 2 is 0.911 bits per heavy atom. The highest BCUT2D eigenvalue weighted by molar-refractivity contribution is 6.20. The smallest absolute Gasteiger partial charge is 0.164 e. The quantitative estimate of drug-likeness (QED) is 0.209. The van der Waals surface area contributed by atoms with Crippen molar-refractivity contribution in [1.29, 1.82) is 0 Å². The Kier molecular flexibility index (Phi) is 5.78. The maximum atomic E-state index is 6.79. The summed E-state index contributed by atoms with van der Waals surface area (Å²) in [5.74, 6) is 1.90. The monoisotopic (exact) mass is 575 g/mol. The molecule has 0 fully saturated rings. The molecule has 0 radical (unpaired) electrons. The molecule has 0 spiro atoms. The van der Waals surface area contributed by atoms with E-state index in [2.05, 4.69) is 91.0 Å². The molecule has 0 bridgehead atoms. The highest BCUT2D eigenvalue weighted by Gasteiger charge is 2.20. The van der Waals surface area contributed by atoms with Gasteiger partial charge in [-0.2, -0.15) is 0 Å². The lowest BCUT2D eigenvalue weighted by Crippen LogP contribution is -2.00. The van der Waals surface area contributed by atoms with Crippen LogP contribution in [-0.2, 0) is 0 Å². The number of para-hydroxylation sites is 1. The molecular weight excluding hydrogens is 550 g/mol. The first-order valence-electron chi connectivity index (χ1n) is 15.0. The molecule has 0 atom stereocenters. The topological polar surface area (TPSA) is 51.8 Å². The molecule has 7 aromatic carbocycles. The predicted molar refractivity (Wildman–Crippen MR) is 184 cm³/mol. The summed E-state index contributed by atoms with van der Waals surface area (Å²) >= 11 is 0. The Bertz CT molecular complexity index is 2480. The van der Waals surface area contributed by atoms with Crippen LogP contribution >= 0.6 is 0 Å². The van der Waals surface area contributed by atoms with Gasteiger partial charge in [0.05, 0.1) is 0 Å². The third kappa shape index (κ3) is 4.27. The van der Waals surface area contributed by atoms with Crippen molar-refractivity contribution in [3.05, 3.63) is 152 Å². The van der Waals surface area contributed by atoms with Gasteiger partial charge in [-0.3, -0.25) is 0 Å². The van der Waals surface area contributed by atoms with Crippen molar-refractivity contribution in [3.63, 3.8) is 0 Å². The van der Waals surface area contributed by atoms with E-state index in [4.69, 9.17) is 19.4 Å². The Morgan fingerprint density at radius 1 is 0.333 bits per heavy atom. The molecule has 4 heteroatoms. The summed E-state index contributed by atoms with van der Waals surface area (Å²) in [5, 5.41) is 6.56. The third-order valence-corrected chi connectivity index (χ3v) is 8.51. The number of aromatic nitrogens is 3. The van der Waals surface area contributed by atoms with E-state index in [-0.39, 0.29) is 0 Å². The summed E-state index contributed by atoms with van der Waals surface area (Å²) in [6, 6.07) is 52.1. The fraction of sp³-hybridized carbons (Fsp3) is 0. The molecule has 45 heavy (non-hydrogen) atoms. The Hall–Kier alpha value is -6.13. The number of hydrogen-bond donors (Lipinski definition) is 0. The average Bonchev–Trinajstić information content (AvgIpc) is 3.51. The van der Waals surface area contributed by atoms with Crippen molar-refractivity contribution in [2.24, 2.45) is 0 Å². The first-order valence-corrected chi connectivity index (χ1v) is 15.0. The first-order chi connectivity index (χ1) is 22.3. The maximum Gasteiger partial charge on any atom is 0.164 e.